The summed E-state index contributed by atoms with van der Waals surface area (Å²) in [6, 6.07) is 10.8. The third-order valence-electron chi connectivity index (χ3n) is 5.33. The maximum atomic E-state index is 13.7. The molecule has 0 spiro atoms. The van der Waals surface area contributed by atoms with E-state index < -0.39 is 5.97 Å². The van der Waals surface area contributed by atoms with Gasteiger partial charge in [-0.2, -0.15) is 0 Å². The van der Waals surface area contributed by atoms with Crippen molar-refractivity contribution >= 4 is 38.6 Å². The van der Waals surface area contributed by atoms with Crippen LogP contribution in [0, 0.1) is 5.82 Å². The van der Waals surface area contributed by atoms with Crippen LogP contribution in [-0.2, 0) is 9.47 Å². The van der Waals surface area contributed by atoms with Crippen LogP contribution in [0.15, 0.2) is 42.5 Å². The number of carbonyl (C=O) groups excluding carboxylic acids is 2. The van der Waals surface area contributed by atoms with Gasteiger partial charge in [-0.15, -0.1) is 0 Å². The maximum absolute atomic E-state index is 13.7. The van der Waals surface area contributed by atoms with Crippen molar-refractivity contribution in [2.45, 2.75) is 6.42 Å². The third kappa shape index (κ3) is 5.12. The average Bonchev–Trinajstić information content (AvgIpc) is 3.24. The fourth-order valence-corrected chi connectivity index (χ4v) is 4.60. The molecule has 0 N–H and O–H groups in total. The molecule has 0 atom stereocenters. The summed E-state index contributed by atoms with van der Waals surface area (Å²) in [4.78, 5) is 33.6. The standard InChI is InChI=1S/C23H24FN3O4S/c1-30-22(29)17-5-3-16(4-6-17)21(28)27(10-2-9-26-11-13-31-14-12-26)23-25-19-8-7-18(24)15-20(19)32-23/h3-8,15H,2,9-14H2,1H3. The van der Waals surface area contributed by atoms with Gasteiger partial charge in [0.2, 0.25) is 0 Å². The lowest BCUT2D eigenvalue weighted by molar-refractivity contribution is 0.0376. The molecule has 1 fully saturated rings. The van der Waals surface area contributed by atoms with Crippen LogP contribution < -0.4 is 4.90 Å². The molecule has 168 valence electrons. The molecule has 1 saturated heterocycles. The Labute approximate surface area is 189 Å². The van der Waals surface area contributed by atoms with Crippen molar-refractivity contribution in [2.24, 2.45) is 0 Å². The first-order chi connectivity index (χ1) is 15.5. The first-order valence-corrected chi connectivity index (χ1v) is 11.2. The smallest absolute Gasteiger partial charge is 0.337 e. The largest absolute Gasteiger partial charge is 0.465 e. The quantitative estimate of drug-likeness (QED) is 0.505. The number of morpholine rings is 1. The predicted molar refractivity (Wildman–Crippen MR) is 121 cm³/mol. The Balaban J connectivity index is 1.56. The van der Waals surface area contributed by atoms with Gasteiger partial charge in [-0.1, -0.05) is 11.3 Å². The summed E-state index contributed by atoms with van der Waals surface area (Å²) in [6.45, 7) is 4.51. The van der Waals surface area contributed by atoms with Gasteiger partial charge < -0.3 is 9.47 Å². The summed E-state index contributed by atoms with van der Waals surface area (Å²) in [5, 5.41) is 0.523. The Morgan fingerprint density at radius 2 is 1.88 bits per heavy atom. The van der Waals surface area contributed by atoms with Crippen LogP contribution in [0.5, 0.6) is 0 Å². The molecule has 2 heterocycles. The number of esters is 1. The molecule has 32 heavy (non-hydrogen) atoms. The normalized spacial score (nSPS) is 14.4. The van der Waals surface area contributed by atoms with Crippen molar-refractivity contribution in [3.05, 3.63) is 59.4 Å². The lowest BCUT2D eigenvalue weighted by Crippen LogP contribution is -2.39. The van der Waals surface area contributed by atoms with Crippen molar-refractivity contribution < 1.29 is 23.5 Å². The van der Waals surface area contributed by atoms with Gasteiger partial charge in [0, 0.05) is 31.7 Å². The number of ether oxygens (including phenoxy) is 2. The molecular formula is C23H24FN3O4S. The molecule has 1 amide bonds. The molecule has 7 nitrogen and oxygen atoms in total. The molecule has 0 bridgehead atoms. The second kappa shape index (κ2) is 10.2. The summed E-state index contributed by atoms with van der Waals surface area (Å²) in [5.74, 6) is -1.02. The highest BCUT2D eigenvalue weighted by Gasteiger charge is 2.22. The monoisotopic (exact) mass is 457 g/mol. The highest BCUT2D eigenvalue weighted by molar-refractivity contribution is 7.22. The number of rotatable bonds is 7. The number of fused-ring (bicyclic) bond motifs is 1. The number of thiazole rings is 1. The summed E-state index contributed by atoms with van der Waals surface area (Å²) < 4.78 is 24.5. The van der Waals surface area contributed by atoms with E-state index in [1.807, 2.05) is 0 Å². The van der Waals surface area contributed by atoms with Gasteiger partial charge >= 0.3 is 5.97 Å². The predicted octanol–water partition coefficient (Wildman–Crippen LogP) is 3.59. The first-order valence-electron chi connectivity index (χ1n) is 10.4. The molecule has 0 unspecified atom stereocenters. The fraction of sp³-hybridized carbons (Fsp3) is 0.348. The SMILES string of the molecule is COC(=O)c1ccc(C(=O)N(CCCN2CCOCC2)c2nc3ccc(F)cc3s2)cc1. The average molecular weight is 458 g/mol. The van der Waals surface area contributed by atoms with Gasteiger partial charge in [0.15, 0.2) is 5.13 Å². The molecule has 2 aromatic carbocycles. The van der Waals surface area contributed by atoms with Gasteiger partial charge in [0.25, 0.3) is 5.91 Å². The minimum Gasteiger partial charge on any atom is -0.465 e. The number of aromatic nitrogens is 1. The van der Waals surface area contributed by atoms with Crippen LogP contribution in [-0.4, -0.2) is 68.3 Å². The molecule has 3 aromatic rings. The summed E-state index contributed by atoms with van der Waals surface area (Å²) in [5.41, 5.74) is 1.46. The van der Waals surface area contributed by atoms with E-state index >= 15 is 0 Å². The maximum Gasteiger partial charge on any atom is 0.337 e. The Morgan fingerprint density at radius 3 is 2.59 bits per heavy atom. The van der Waals surface area contributed by atoms with E-state index in [0.29, 0.717) is 33.0 Å². The summed E-state index contributed by atoms with van der Waals surface area (Å²) in [7, 11) is 1.31. The van der Waals surface area contributed by atoms with Gasteiger partial charge in [0.1, 0.15) is 5.82 Å². The number of carbonyl (C=O) groups is 2. The first kappa shape index (κ1) is 22.3. The highest BCUT2D eigenvalue weighted by Crippen LogP contribution is 2.30. The summed E-state index contributed by atoms with van der Waals surface area (Å²) in [6.07, 6.45) is 0.760. The van der Waals surface area contributed by atoms with Crippen LogP contribution in [0.4, 0.5) is 9.52 Å². The zero-order valence-electron chi connectivity index (χ0n) is 17.8. The van der Waals surface area contributed by atoms with Crippen molar-refractivity contribution in [2.75, 3.05) is 51.4 Å². The molecule has 1 aliphatic heterocycles. The van der Waals surface area contributed by atoms with Gasteiger partial charge in [0.05, 0.1) is 36.1 Å². The molecule has 1 aromatic heterocycles. The van der Waals surface area contributed by atoms with Crippen molar-refractivity contribution in [3.8, 4) is 0 Å². The second-order valence-corrected chi connectivity index (χ2v) is 8.45. The molecule has 0 saturated carbocycles. The molecule has 9 heteroatoms. The third-order valence-corrected chi connectivity index (χ3v) is 6.37. The lowest BCUT2D eigenvalue weighted by atomic mass is 10.1. The number of amides is 1. The Morgan fingerprint density at radius 1 is 1.16 bits per heavy atom. The van der Waals surface area contributed by atoms with Crippen LogP contribution in [0.2, 0.25) is 0 Å². The van der Waals surface area contributed by atoms with E-state index in [2.05, 4.69) is 9.88 Å². The number of hydrogen-bond donors (Lipinski definition) is 0. The van der Waals surface area contributed by atoms with Crippen LogP contribution in [0.25, 0.3) is 10.2 Å². The molecule has 0 aliphatic carbocycles. The van der Waals surface area contributed by atoms with Crippen LogP contribution >= 0.6 is 11.3 Å². The number of methoxy groups -OCH3 is 1. The van der Waals surface area contributed by atoms with E-state index in [0.717, 1.165) is 39.3 Å². The highest BCUT2D eigenvalue weighted by atomic mass is 32.1. The number of benzene rings is 2. The minimum absolute atomic E-state index is 0.220. The number of anilines is 1. The minimum atomic E-state index is -0.459. The van der Waals surface area contributed by atoms with E-state index in [1.54, 1.807) is 35.2 Å². The Kier molecular flexibility index (Phi) is 7.09. The van der Waals surface area contributed by atoms with E-state index in [9.17, 15) is 14.0 Å². The van der Waals surface area contributed by atoms with Gasteiger partial charge in [-0.05, 0) is 48.9 Å². The van der Waals surface area contributed by atoms with E-state index in [-0.39, 0.29) is 11.7 Å². The van der Waals surface area contributed by atoms with Crippen LogP contribution in [0.3, 0.4) is 0 Å². The van der Waals surface area contributed by atoms with Crippen molar-refractivity contribution in [1.82, 2.24) is 9.88 Å². The van der Waals surface area contributed by atoms with Gasteiger partial charge in [-0.25, -0.2) is 14.2 Å². The fourth-order valence-electron chi connectivity index (χ4n) is 3.59. The molecule has 0 radical (unpaired) electrons. The topological polar surface area (TPSA) is 72.0 Å². The van der Waals surface area contributed by atoms with Crippen molar-refractivity contribution in [1.29, 1.82) is 0 Å². The Bertz CT molecular complexity index is 1100. The zero-order valence-corrected chi connectivity index (χ0v) is 18.6. The van der Waals surface area contributed by atoms with E-state index in [4.69, 9.17) is 9.47 Å². The molecule has 1 aliphatic rings. The van der Waals surface area contributed by atoms with Gasteiger partial charge in [-0.3, -0.25) is 14.6 Å². The second-order valence-electron chi connectivity index (χ2n) is 7.44. The van der Waals surface area contributed by atoms with Crippen LogP contribution in [0.1, 0.15) is 27.1 Å². The number of halogens is 1. The van der Waals surface area contributed by atoms with Crippen molar-refractivity contribution in [3.63, 3.8) is 0 Å². The van der Waals surface area contributed by atoms with E-state index in [1.165, 1.54) is 30.6 Å². The number of nitrogens with zero attached hydrogens (tertiary/aromatic N) is 3. The molecular weight excluding hydrogens is 433 g/mol. The Hall–Kier alpha value is -2.88. The lowest BCUT2D eigenvalue weighted by Gasteiger charge is -2.27. The number of hydrogen-bond acceptors (Lipinski definition) is 7. The summed E-state index contributed by atoms with van der Waals surface area (Å²) >= 11 is 1.29. The molecule has 4 rings (SSSR count). The zero-order chi connectivity index (χ0) is 22.5.